The molecule has 1 aliphatic heterocycles. The second-order valence-electron chi connectivity index (χ2n) is 8.97. The highest BCUT2D eigenvalue weighted by molar-refractivity contribution is 5.99. The number of pyridine rings is 1. The van der Waals surface area contributed by atoms with Gasteiger partial charge in [-0.3, -0.25) is 14.6 Å². The first-order valence-corrected chi connectivity index (χ1v) is 11.2. The maximum Gasteiger partial charge on any atom is 0.264 e. The average molecular weight is 464 g/mol. The Morgan fingerprint density at radius 1 is 1.18 bits per heavy atom. The third-order valence-corrected chi connectivity index (χ3v) is 6.67. The number of benzene rings is 2. The third-order valence-electron chi connectivity index (χ3n) is 6.67. The number of hydrogen-bond acceptors (Lipinski definition) is 6. The molecule has 0 saturated heterocycles. The molecule has 0 spiro atoms. The fourth-order valence-electron chi connectivity index (χ4n) is 4.30. The van der Waals surface area contributed by atoms with Crippen LogP contribution < -0.4 is 15.4 Å². The number of rotatable bonds is 5. The summed E-state index contributed by atoms with van der Waals surface area (Å²) in [5, 5.41) is 26.4. The van der Waals surface area contributed by atoms with Gasteiger partial charge >= 0.3 is 0 Å². The monoisotopic (exact) mass is 463 g/mol. The van der Waals surface area contributed by atoms with Crippen LogP contribution in [0.1, 0.15) is 35.6 Å². The summed E-state index contributed by atoms with van der Waals surface area (Å²) in [7, 11) is 0. The number of aliphatic hydroxyl groups excluding tert-OH is 1. The van der Waals surface area contributed by atoms with E-state index in [0.29, 0.717) is 29.8 Å². The lowest BCUT2D eigenvalue weighted by atomic mass is 9.86. The van der Waals surface area contributed by atoms with Crippen LogP contribution in [-0.4, -0.2) is 45.3 Å². The van der Waals surface area contributed by atoms with Crippen molar-refractivity contribution in [2.45, 2.75) is 52.2 Å². The van der Waals surface area contributed by atoms with Gasteiger partial charge in [0.15, 0.2) is 5.60 Å². The molecule has 8 nitrogen and oxygen atoms in total. The Bertz CT molecular complexity index is 1290. The van der Waals surface area contributed by atoms with Crippen molar-refractivity contribution in [3.63, 3.8) is 0 Å². The number of aliphatic hydroxyl groups is 1. The van der Waals surface area contributed by atoms with E-state index in [1.165, 1.54) is 0 Å². The zero-order valence-corrected chi connectivity index (χ0v) is 19.7. The quantitative estimate of drug-likeness (QED) is 0.462. The van der Waals surface area contributed by atoms with Gasteiger partial charge in [-0.05, 0) is 75.1 Å². The molecule has 4 rings (SSSR count). The van der Waals surface area contributed by atoms with Crippen molar-refractivity contribution >= 4 is 28.4 Å². The van der Waals surface area contributed by atoms with E-state index in [1.54, 1.807) is 37.4 Å². The summed E-state index contributed by atoms with van der Waals surface area (Å²) in [6, 6.07) is 7.82. The second-order valence-corrected chi connectivity index (χ2v) is 8.97. The Kier molecular flexibility index (Phi) is 6.18. The molecule has 2 atom stereocenters. The van der Waals surface area contributed by atoms with Gasteiger partial charge in [-0.2, -0.15) is 0 Å². The number of hydrogen-bond donors (Lipinski definition) is 4. The molecule has 0 bridgehead atoms. The van der Waals surface area contributed by atoms with E-state index in [9.17, 15) is 19.8 Å². The first-order valence-electron chi connectivity index (χ1n) is 11.2. The minimum Gasteiger partial charge on any atom is -0.507 e. The molecule has 1 aliphatic rings. The smallest absolute Gasteiger partial charge is 0.264 e. The van der Waals surface area contributed by atoms with E-state index >= 15 is 0 Å². The van der Waals surface area contributed by atoms with Crippen molar-refractivity contribution in [1.82, 2.24) is 10.3 Å². The molecule has 2 amide bonds. The van der Waals surface area contributed by atoms with Gasteiger partial charge in [0.25, 0.3) is 5.91 Å². The van der Waals surface area contributed by atoms with Gasteiger partial charge in [0.2, 0.25) is 5.91 Å². The standard InChI is InChI=1S/C26H29N3O5/c1-14-15(2)23-19(16(3)22(14)31)9-10-26(4,34-23)25(33)29-21(13-30)24(32)28-18-7-8-20-17(12-18)6-5-11-27-20/h5-8,11-12,21,30-31H,9-10,13H2,1-4H3,(H,28,32)(H,29,33). The molecule has 2 aromatic carbocycles. The number of ether oxygens (including phenoxy) is 1. The van der Waals surface area contributed by atoms with Crippen molar-refractivity contribution < 1.29 is 24.5 Å². The Labute approximate surface area is 198 Å². The van der Waals surface area contributed by atoms with E-state index < -0.39 is 30.1 Å². The van der Waals surface area contributed by atoms with Crippen LogP contribution in [0.4, 0.5) is 5.69 Å². The SMILES string of the molecule is Cc1c(C)c2c(c(C)c1O)CCC(C)(C(=O)NC(CO)C(=O)Nc1ccc3ncccc3c1)O2. The number of nitrogens with one attached hydrogen (secondary N) is 2. The molecule has 8 heteroatoms. The lowest BCUT2D eigenvalue weighted by Gasteiger charge is -2.37. The topological polar surface area (TPSA) is 121 Å². The maximum absolute atomic E-state index is 13.2. The Morgan fingerprint density at radius 3 is 2.68 bits per heavy atom. The maximum atomic E-state index is 13.2. The predicted octanol–water partition coefficient (Wildman–Crippen LogP) is 3.07. The third kappa shape index (κ3) is 4.17. The molecule has 1 aromatic heterocycles. The first-order chi connectivity index (χ1) is 16.1. The molecule has 3 aromatic rings. The van der Waals surface area contributed by atoms with Crippen molar-refractivity contribution in [2.24, 2.45) is 0 Å². The van der Waals surface area contributed by atoms with E-state index in [0.717, 1.165) is 27.6 Å². The highest BCUT2D eigenvalue weighted by Gasteiger charge is 2.42. The summed E-state index contributed by atoms with van der Waals surface area (Å²) < 4.78 is 6.18. The normalized spacial score (nSPS) is 18.0. The molecule has 4 N–H and O–H groups in total. The van der Waals surface area contributed by atoms with Gasteiger partial charge in [0.1, 0.15) is 17.5 Å². The van der Waals surface area contributed by atoms with Gasteiger partial charge in [-0.15, -0.1) is 0 Å². The number of carbonyl (C=O) groups excluding carboxylic acids is 2. The number of anilines is 1. The number of phenols is 1. The second kappa shape index (κ2) is 8.95. The van der Waals surface area contributed by atoms with Crippen molar-refractivity contribution in [3.8, 4) is 11.5 Å². The summed E-state index contributed by atoms with van der Waals surface area (Å²) in [5.74, 6) is -0.189. The lowest BCUT2D eigenvalue weighted by molar-refractivity contribution is -0.140. The largest absolute Gasteiger partial charge is 0.507 e. The van der Waals surface area contributed by atoms with Crippen molar-refractivity contribution in [2.75, 3.05) is 11.9 Å². The summed E-state index contributed by atoms with van der Waals surface area (Å²) >= 11 is 0. The fraction of sp³-hybridized carbons (Fsp3) is 0.346. The predicted molar refractivity (Wildman–Crippen MR) is 129 cm³/mol. The van der Waals surface area contributed by atoms with Crippen LogP contribution in [0, 0.1) is 20.8 Å². The fourth-order valence-corrected chi connectivity index (χ4v) is 4.30. The number of phenolic OH excluding ortho intramolecular Hbond substituents is 1. The van der Waals surface area contributed by atoms with E-state index in [-0.39, 0.29) is 5.75 Å². The molecular formula is C26H29N3O5. The summed E-state index contributed by atoms with van der Waals surface area (Å²) in [6.07, 6.45) is 2.60. The number of aromatic hydroxyl groups is 1. The first kappa shape index (κ1) is 23.5. The molecule has 0 fully saturated rings. The number of amides is 2. The average Bonchev–Trinajstić information content (AvgIpc) is 2.84. The van der Waals surface area contributed by atoms with Gasteiger partial charge in [0, 0.05) is 29.3 Å². The van der Waals surface area contributed by atoms with Gasteiger partial charge < -0.3 is 25.6 Å². The van der Waals surface area contributed by atoms with Crippen LogP contribution in [0.2, 0.25) is 0 Å². The molecule has 0 aliphatic carbocycles. The minimum absolute atomic E-state index is 0.245. The van der Waals surface area contributed by atoms with Gasteiger partial charge in [-0.25, -0.2) is 0 Å². The molecule has 0 radical (unpaired) electrons. The molecule has 2 heterocycles. The van der Waals surface area contributed by atoms with E-state index in [2.05, 4.69) is 15.6 Å². The summed E-state index contributed by atoms with van der Waals surface area (Å²) in [5.41, 5.74) is 3.22. The molecular weight excluding hydrogens is 434 g/mol. The van der Waals surface area contributed by atoms with Crippen LogP contribution in [-0.2, 0) is 16.0 Å². The number of fused-ring (bicyclic) bond motifs is 2. The Hall–Kier alpha value is -3.65. The van der Waals surface area contributed by atoms with E-state index in [4.69, 9.17) is 4.74 Å². The van der Waals surface area contributed by atoms with Gasteiger partial charge in [0.05, 0.1) is 12.1 Å². The van der Waals surface area contributed by atoms with Crippen LogP contribution in [0.5, 0.6) is 11.5 Å². The van der Waals surface area contributed by atoms with Crippen LogP contribution in [0.3, 0.4) is 0 Å². The number of nitrogens with zero attached hydrogens (tertiary/aromatic N) is 1. The van der Waals surface area contributed by atoms with Crippen molar-refractivity contribution in [3.05, 3.63) is 58.8 Å². The van der Waals surface area contributed by atoms with Crippen LogP contribution in [0.15, 0.2) is 36.5 Å². The minimum atomic E-state index is -1.23. The van der Waals surface area contributed by atoms with Crippen LogP contribution >= 0.6 is 0 Å². The highest BCUT2D eigenvalue weighted by atomic mass is 16.5. The molecule has 0 saturated carbocycles. The number of aromatic nitrogens is 1. The number of carbonyl (C=O) groups is 2. The Morgan fingerprint density at radius 2 is 1.94 bits per heavy atom. The highest BCUT2D eigenvalue weighted by Crippen LogP contribution is 2.43. The zero-order valence-electron chi connectivity index (χ0n) is 19.7. The van der Waals surface area contributed by atoms with Crippen LogP contribution in [0.25, 0.3) is 10.9 Å². The summed E-state index contributed by atoms with van der Waals surface area (Å²) in [6.45, 7) is 6.60. The zero-order chi connectivity index (χ0) is 24.6. The van der Waals surface area contributed by atoms with E-state index in [1.807, 2.05) is 26.8 Å². The molecule has 2 unspecified atom stereocenters. The molecule has 34 heavy (non-hydrogen) atoms. The van der Waals surface area contributed by atoms with Gasteiger partial charge in [-0.1, -0.05) is 6.07 Å². The lowest BCUT2D eigenvalue weighted by Crippen LogP contribution is -2.56. The summed E-state index contributed by atoms with van der Waals surface area (Å²) in [4.78, 5) is 30.3. The molecule has 178 valence electrons. The van der Waals surface area contributed by atoms with Crippen molar-refractivity contribution in [1.29, 1.82) is 0 Å². The Balaban J connectivity index is 1.49.